The van der Waals surface area contributed by atoms with Crippen LogP contribution in [-0.4, -0.2) is 42.4 Å². The maximum absolute atomic E-state index is 11.6. The normalized spacial score (nSPS) is 15.2. The summed E-state index contributed by atoms with van der Waals surface area (Å²) in [6.07, 6.45) is 2.53. The van der Waals surface area contributed by atoms with E-state index in [-0.39, 0.29) is 19.3 Å². The number of rotatable bonds is 3. The number of nitrogens with zero attached hydrogens (tertiary/aromatic N) is 1. The molecular formula is C14H17NO3. The number of aliphatic hydroxyl groups excluding tert-OH is 1. The second-order valence-electron chi connectivity index (χ2n) is 4.13. The van der Waals surface area contributed by atoms with Gasteiger partial charge in [-0.15, -0.1) is 0 Å². The Balaban J connectivity index is 1.94. The summed E-state index contributed by atoms with van der Waals surface area (Å²) in [6, 6.07) is 10.2. The highest BCUT2D eigenvalue weighted by Gasteiger charge is 2.18. The lowest BCUT2D eigenvalue weighted by Crippen LogP contribution is -2.35. The van der Waals surface area contributed by atoms with Gasteiger partial charge >= 0.3 is 6.09 Å². The standard InChI is InChI=1S/C14H17NO3/c16-10-11-18-14(17)15-8-6-13(7-9-15)12-4-2-1-3-5-12/h1-6,16H,7-11H2. The van der Waals surface area contributed by atoms with E-state index < -0.39 is 0 Å². The Bertz CT molecular complexity index is 428. The SMILES string of the molecule is O=C(OCCO)N1CC=C(c2ccccc2)CC1. The van der Waals surface area contributed by atoms with Gasteiger partial charge in [0.25, 0.3) is 0 Å². The zero-order valence-corrected chi connectivity index (χ0v) is 10.2. The molecule has 18 heavy (non-hydrogen) atoms. The lowest BCUT2D eigenvalue weighted by molar-refractivity contribution is 0.0871. The van der Waals surface area contributed by atoms with Crippen LogP contribution in [0.5, 0.6) is 0 Å². The fraction of sp³-hybridized carbons (Fsp3) is 0.357. The predicted molar refractivity (Wildman–Crippen MR) is 69.0 cm³/mol. The van der Waals surface area contributed by atoms with E-state index in [2.05, 4.69) is 18.2 Å². The molecule has 0 fully saturated rings. The number of ether oxygens (including phenoxy) is 1. The highest BCUT2D eigenvalue weighted by atomic mass is 16.6. The van der Waals surface area contributed by atoms with Crippen LogP contribution in [0, 0.1) is 0 Å². The van der Waals surface area contributed by atoms with Crippen molar-refractivity contribution in [3.63, 3.8) is 0 Å². The van der Waals surface area contributed by atoms with E-state index in [0.29, 0.717) is 13.1 Å². The zero-order valence-electron chi connectivity index (χ0n) is 10.2. The average Bonchev–Trinajstić information content (AvgIpc) is 2.46. The van der Waals surface area contributed by atoms with Crippen LogP contribution in [0.3, 0.4) is 0 Å². The summed E-state index contributed by atoms with van der Waals surface area (Å²) in [6.45, 7) is 1.15. The van der Waals surface area contributed by atoms with Crippen LogP contribution in [0.15, 0.2) is 36.4 Å². The third-order valence-corrected chi connectivity index (χ3v) is 2.93. The molecule has 0 aromatic heterocycles. The maximum Gasteiger partial charge on any atom is 0.410 e. The molecule has 1 aromatic rings. The number of aliphatic hydroxyl groups is 1. The summed E-state index contributed by atoms with van der Waals surface area (Å²) in [5.41, 5.74) is 2.47. The summed E-state index contributed by atoms with van der Waals surface area (Å²) in [5, 5.41) is 8.60. The summed E-state index contributed by atoms with van der Waals surface area (Å²) in [5.74, 6) is 0. The number of carbonyl (C=O) groups is 1. The largest absolute Gasteiger partial charge is 0.447 e. The van der Waals surface area contributed by atoms with Gasteiger partial charge in [0.2, 0.25) is 0 Å². The monoisotopic (exact) mass is 247 g/mol. The van der Waals surface area contributed by atoms with Gasteiger partial charge in [0.05, 0.1) is 6.61 Å². The molecule has 4 nitrogen and oxygen atoms in total. The van der Waals surface area contributed by atoms with E-state index in [1.807, 2.05) is 18.2 Å². The van der Waals surface area contributed by atoms with Gasteiger partial charge in [0, 0.05) is 13.1 Å². The lowest BCUT2D eigenvalue weighted by Gasteiger charge is -2.25. The van der Waals surface area contributed by atoms with Gasteiger partial charge in [-0.2, -0.15) is 0 Å². The first-order valence-corrected chi connectivity index (χ1v) is 6.08. The van der Waals surface area contributed by atoms with Gasteiger partial charge in [0.15, 0.2) is 0 Å². The van der Waals surface area contributed by atoms with E-state index in [4.69, 9.17) is 9.84 Å². The van der Waals surface area contributed by atoms with E-state index in [9.17, 15) is 4.79 Å². The molecule has 0 saturated heterocycles. The Kier molecular flexibility index (Phi) is 4.36. The van der Waals surface area contributed by atoms with Gasteiger partial charge in [0.1, 0.15) is 6.61 Å². The predicted octanol–water partition coefficient (Wildman–Crippen LogP) is 1.90. The third kappa shape index (κ3) is 3.11. The Labute approximate surface area is 106 Å². The highest BCUT2D eigenvalue weighted by Crippen LogP contribution is 2.22. The molecule has 0 atom stereocenters. The summed E-state index contributed by atoms with van der Waals surface area (Å²) < 4.78 is 4.88. The van der Waals surface area contributed by atoms with E-state index in [1.165, 1.54) is 11.1 Å². The number of hydrogen-bond donors (Lipinski definition) is 1. The van der Waals surface area contributed by atoms with Gasteiger partial charge in [-0.3, -0.25) is 0 Å². The average molecular weight is 247 g/mol. The van der Waals surface area contributed by atoms with Crippen LogP contribution in [0.2, 0.25) is 0 Å². The minimum Gasteiger partial charge on any atom is -0.447 e. The Morgan fingerprint density at radius 1 is 1.33 bits per heavy atom. The molecule has 4 heteroatoms. The Hall–Kier alpha value is -1.81. The number of carbonyl (C=O) groups excluding carboxylic acids is 1. The molecule has 0 unspecified atom stereocenters. The van der Waals surface area contributed by atoms with Crippen LogP contribution in [0.1, 0.15) is 12.0 Å². The van der Waals surface area contributed by atoms with Crippen LogP contribution in [0.4, 0.5) is 4.79 Å². The topological polar surface area (TPSA) is 49.8 Å². The van der Waals surface area contributed by atoms with Crippen molar-refractivity contribution < 1.29 is 14.6 Å². The number of amides is 1. The molecule has 1 heterocycles. The van der Waals surface area contributed by atoms with Crippen molar-refractivity contribution in [2.45, 2.75) is 6.42 Å². The third-order valence-electron chi connectivity index (χ3n) is 2.93. The van der Waals surface area contributed by atoms with Gasteiger partial charge in [-0.05, 0) is 17.6 Å². The van der Waals surface area contributed by atoms with Crippen molar-refractivity contribution in [1.29, 1.82) is 0 Å². The molecule has 1 aliphatic heterocycles. The summed E-state index contributed by atoms with van der Waals surface area (Å²) in [7, 11) is 0. The zero-order chi connectivity index (χ0) is 12.8. The van der Waals surface area contributed by atoms with Gasteiger partial charge in [-0.1, -0.05) is 36.4 Å². The number of benzene rings is 1. The van der Waals surface area contributed by atoms with E-state index >= 15 is 0 Å². The first-order valence-electron chi connectivity index (χ1n) is 6.08. The fourth-order valence-corrected chi connectivity index (χ4v) is 1.97. The van der Waals surface area contributed by atoms with Crippen molar-refractivity contribution in [3.8, 4) is 0 Å². The second-order valence-corrected chi connectivity index (χ2v) is 4.13. The molecule has 96 valence electrons. The van der Waals surface area contributed by atoms with Crippen molar-refractivity contribution in [1.82, 2.24) is 4.90 Å². The van der Waals surface area contributed by atoms with E-state index in [1.54, 1.807) is 4.90 Å². The van der Waals surface area contributed by atoms with Crippen LogP contribution >= 0.6 is 0 Å². The minimum absolute atomic E-state index is 0.0601. The molecule has 0 aliphatic carbocycles. The molecule has 2 rings (SSSR count). The summed E-state index contributed by atoms with van der Waals surface area (Å²) >= 11 is 0. The van der Waals surface area contributed by atoms with Gasteiger partial charge in [-0.25, -0.2) is 4.79 Å². The fourth-order valence-electron chi connectivity index (χ4n) is 1.97. The second kappa shape index (κ2) is 6.21. The molecule has 1 amide bonds. The lowest BCUT2D eigenvalue weighted by atomic mass is 10.00. The molecule has 1 N–H and O–H groups in total. The first-order chi connectivity index (χ1) is 8.81. The maximum atomic E-state index is 11.6. The molecule has 0 radical (unpaired) electrons. The van der Waals surface area contributed by atoms with Crippen LogP contribution in [-0.2, 0) is 4.74 Å². The van der Waals surface area contributed by atoms with Crippen molar-refractivity contribution >= 4 is 11.7 Å². The van der Waals surface area contributed by atoms with Crippen molar-refractivity contribution in [2.24, 2.45) is 0 Å². The Morgan fingerprint density at radius 3 is 2.72 bits per heavy atom. The van der Waals surface area contributed by atoms with Crippen molar-refractivity contribution in [3.05, 3.63) is 42.0 Å². The molecule has 0 saturated carbocycles. The van der Waals surface area contributed by atoms with Crippen molar-refractivity contribution in [2.75, 3.05) is 26.3 Å². The molecule has 0 spiro atoms. The summed E-state index contributed by atoms with van der Waals surface area (Å²) in [4.78, 5) is 13.2. The molecule has 1 aromatic carbocycles. The van der Waals surface area contributed by atoms with Crippen LogP contribution in [0.25, 0.3) is 5.57 Å². The quantitative estimate of drug-likeness (QED) is 0.887. The van der Waals surface area contributed by atoms with Gasteiger partial charge < -0.3 is 14.7 Å². The molecule has 0 bridgehead atoms. The molecular weight excluding hydrogens is 230 g/mol. The van der Waals surface area contributed by atoms with E-state index in [0.717, 1.165) is 6.42 Å². The molecule has 1 aliphatic rings. The smallest absolute Gasteiger partial charge is 0.410 e. The van der Waals surface area contributed by atoms with Crippen LogP contribution < -0.4 is 0 Å². The number of hydrogen-bond acceptors (Lipinski definition) is 3. The minimum atomic E-state index is -0.354. The highest BCUT2D eigenvalue weighted by molar-refractivity contribution is 5.72. The first kappa shape index (κ1) is 12.6. The Morgan fingerprint density at radius 2 is 2.11 bits per heavy atom.